The number of amides is 2. The van der Waals surface area contributed by atoms with E-state index < -0.39 is 36.6 Å². The van der Waals surface area contributed by atoms with Crippen LogP contribution in [0.2, 0.25) is 0 Å². The second kappa shape index (κ2) is 6.12. The molecule has 0 aromatic carbocycles. The van der Waals surface area contributed by atoms with Gasteiger partial charge in [0, 0.05) is 19.1 Å². The highest BCUT2D eigenvalue weighted by Gasteiger charge is 2.32. The largest absolute Gasteiger partial charge is 0.481 e. The molecule has 1 fully saturated rings. The molecule has 110 valence electrons. The molecule has 1 saturated heterocycles. The van der Waals surface area contributed by atoms with E-state index in [4.69, 9.17) is 5.11 Å². The number of carbonyl (C=O) groups is 2. The van der Waals surface area contributed by atoms with Crippen molar-refractivity contribution in [3.05, 3.63) is 0 Å². The monoisotopic (exact) mass is 282 g/mol. The Bertz CT molecular complexity index is 347. The topological polar surface area (TPSA) is 69.6 Å². The normalized spacial score (nSPS) is 21.9. The van der Waals surface area contributed by atoms with E-state index in [0.29, 0.717) is 19.4 Å². The quantitative estimate of drug-likeness (QED) is 0.829. The summed E-state index contributed by atoms with van der Waals surface area (Å²) in [5, 5.41) is 11.1. The molecule has 0 radical (unpaired) electrons. The number of hydrogen-bond donors (Lipinski definition) is 2. The van der Waals surface area contributed by atoms with Crippen molar-refractivity contribution in [2.75, 3.05) is 13.1 Å². The Labute approximate surface area is 108 Å². The van der Waals surface area contributed by atoms with Crippen molar-refractivity contribution in [1.29, 1.82) is 0 Å². The van der Waals surface area contributed by atoms with Crippen LogP contribution >= 0.6 is 0 Å². The van der Waals surface area contributed by atoms with E-state index in [1.165, 1.54) is 11.8 Å². The number of carboxylic acid groups (broad SMARTS) is 1. The first kappa shape index (κ1) is 15.6. The van der Waals surface area contributed by atoms with Crippen LogP contribution in [-0.2, 0) is 4.79 Å². The lowest BCUT2D eigenvalue weighted by atomic mass is 9.99. The molecule has 8 heteroatoms. The second-order valence-electron chi connectivity index (χ2n) is 4.79. The molecule has 1 rings (SSSR count). The molecule has 5 nitrogen and oxygen atoms in total. The van der Waals surface area contributed by atoms with Crippen LogP contribution in [0, 0.1) is 5.92 Å². The zero-order chi connectivity index (χ0) is 14.6. The van der Waals surface area contributed by atoms with Crippen LogP contribution < -0.4 is 5.32 Å². The molecule has 2 N–H and O–H groups in total. The average Bonchev–Trinajstić information content (AvgIpc) is 2.26. The van der Waals surface area contributed by atoms with Crippen molar-refractivity contribution in [1.82, 2.24) is 10.2 Å². The molecule has 0 aromatic rings. The number of halogens is 3. The van der Waals surface area contributed by atoms with Gasteiger partial charge in [-0.05, 0) is 19.8 Å². The van der Waals surface area contributed by atoms with E-state index in [0.717, 1.165) is 0 Å². The summed E-state index contributed by atoms with van der Waals surface area (Å²) >= 11 is 0. The van der Waals surface area contributed by atoms with Crippen molar-refractivity contribution >= 4 is 12.0 Å². The van der Waals surface area contributed by atoms with E-state index in [2.05, 4.69) is 5.32 Å². The van der Waals surface area contributed by atoms with Gasteiger partial charge in [-0.1, -0.05) is 0 Å². The summed E-state index contributed by atoms with van der Waals surface area (Å²) < 4.78 is 36.4. The number of carbonyl (C=O) groups excluding carboxylic acids is 1. The second-order valence-corrected chi connectivity index (χ2v) is 4.79. The molecule has 0 bridgehead atoms. The maximum Gasteiger partial charge on any atom is 0.391 e. The Morgan fingerprint density at radius 2 is 2.11 bits per heavy atom. The Kier molecular flexibility index (Phi) is 5.02. The fourth-order valence-electron chi connectivity index (χ4n) is 2.06. The number of carboxylic acids is 1. The van der Waals surface area contributed by atoms with E-state index in [9.17, 15) is 22.8 Å². The maximum absolute atomic E-state index is 12.1. The highest BCUT2D eigenvalue weighted by Crippen LogP contribution is 2.22. The third kappa shape index (κ3) is 5.35. The molecule has 19 heavy (non-hydrogen) atoms. The minimum Gasteiger partial charge on any atom is -0.481 e. The van der Waals surface area contributed by atoms with E-state index in [1.807, 2.05) is 0 Å². The van der Waals surface area contributed by atoms with Crippen LogP contribution in [0.15, 0.2) is 0 Å². The van der Waals surface area contributed by atoms with Gasteiger partial charge in [-0.2, -0.15) is 13.2 Å². The van der Waals surface area contributed by atoms with Gasteiger partial charge in [0.1, 0.15) is 0 Å². The minimum absolute atomic E-state index is 0.0416. The summed E-state index contributed by atoms with van der Waals surface area (Å²) in [4.78, 5) is 23.8. The molecule has 1 aliphatic rings. The van der Waals surface area contributed by atoms with Crippen LogP contribution in [0.5, 0.6) is 0 Å². The van der Waals surface area contributed by atoms with Gasteiger partial charge in [-0.15, -0.1) is 0 Å². The number of nitrogens with one attached hydrogen (secondary N) is 1. The van der Waals surface area contributed by atoms with E-state index in [1.54, 1.807) is 0 Å². The SMILES string of the molecule is CC(CC(F)(F)F)NC(=O)N1CCC[C@@H](C(=O)O)C1. The molecule has 2 amide bonds. The summed E-state index contributed by atoms with van der Waals surface area (Å²) in [6.45, 7) is 1.68. The van der Waals surface area contributed by atoms with Gasteiger partial charge in [-0.25, -0.2) is 4.79 Å². The van der Waals surface area contributed by atoms with Gasteiger partial charge in [0.25, 0.3) is 0 Å². The Balaban J connectivity index is 2.47. The van der Waals surface area contributed by atoms with Crippen molar-refractivity contribution in [2.45, 2.75) is 38.4 Å². The van der Waals surface area contributed by atoms with Gasteiger partial charge >= 0.3 is 18.2 Å². The molecule has 0 spiro atoms. The number of piperidine rings is 1. The average molecular weight is 282 g/mol. The van der Waals surface area contributed by atoms with Gasteiger partial charge < -0.3 is 15.3 Å². The predicted molar refractivity (Wildman–Crippen MR) is 60.6 cm³/mol. The number of urea groups is 1. The molecule has 2 atom stereocenters. The zero-order valence-electron chi connectivity index (χ0n) is 10.5. The highest BCUT2D eigenvalue weighted by atomic mass is 19.4. The Hall–Kier alpha value is -1.47. The third-order valence-corrected chi connectivity index (χ3v) is 2.97. The number of likely N-dealkylation sites (tertiary alicyclic amines) is 1. The number of nitrogens with zero attached hydrogens (tertiary/aromatic N) is 1. The summed E-state index contributed by atoms with van der Waals surface area (Å²) in [5.41, 5.74) is 0. The van der Waals surface area contributed by atoms with Crippen LogP contribution in [0.1, 0.15) is 26.2 Å². The fourth-order valence-corrected chi connectivity index (χ4v) is 2.06. The number of aliphatic carboxylic acids is 1. The van der Waals surface area contributed by atoms with Gasteiger partial charge in [0.2, 0.25) is 0 Å². The molecule has 0 aromatic heterocycles. The van der Waals surface area contributed by atoms with Crippen LogP contribution in [0.3, 0.4) is 0 Å². The first-order chi connectivity index (χ1) is 8.69. The lowest BCUT2D eigenvalue weighted by molar-refractivity contribution is -0.143. The van der Waals surface area contributed by atoms with Crippen molar-refractivity contribution in [3.63, 3.8) is 0 Å². The smallest absolute Gasteiger partial charge is 0.391 e. The first-order valence-electron chi connectivity index (χ1n) is 6.04. The maximum atomic E-state index is 12.1. The van der Waals surface area contributed by atoms with Crippen LogP contribution in [0.4, 0.5) is 18.0 Å². The highest BCUT2D eigenvalue weighted by molar-refractivity contribution is 5.76. The minimum atomic E-state index is -4.34. The van der Waals surface area contributed by atoms with Crippen molar-refractivity contribution in [3.8, 4) is 0 Å². The van der Waals surface area contributed by atoms with Gasteiger partial charge in [-0.3, -0.25) is 4.79 Å². The molecular formula is C11H17F3N2O3. The number of hydrogen-bond acceptors (Lipinski definition) is 2. The van der Waals surface area contributed by atoms with E-state index >= 15 is 0 Å². The lowest BCUT2D eigenvalue weighted by Crippen LogP contribution is -2.49. The van der Waals surface area contributed by atoms with E-state index in [-0.39, 0.29) is 6.54 Å². The molecule has 1 unspecified atom stereocenters. The van der Waals surface area contributed by atoms with Crippen molar-refractivity contribution in [2.24, 2.45) is 5.92 Å². The number of rotatable bonds is 3. The van der Waals surface area contributed by atoms with Gasteiger partial charge in [0.05, 0.1) is 12.3 Å². The molecule has 0 saturated carbocycles. The molecule has 1 heterocycles. The molecular weight excluding hydrogens is 265 g/mol. The summed E-state index contributed by atoms with van der Waals surface area (Å²) in [7, 11) is 0. The lowest BCUT2D eigenvalue weighted by Gasteiger charge is -2.31. The third-order valence-electron chi connectivity index (χ3n) is 2.97. The molecule has 1 aliphatic heterocycles. The summed E-state index contributed by atoms with van der Waals surface area (Å²) in [5.74, 6) is -1.63. The van der Waals surface area contributed by atoms with Crippen LogP contribution in [0.25, 0.3) is 0 Å². The zero-order valence-corrected chi connectivity index (χ0v) is 10.5. The summed E-state index contributed by atoms with van der Waals surface area (Å²) in [6.07, 6.45) is -4.41. The fraction of sp³-hybridized carbons (Fsp3) is 0.818. The van der Waals surface area contributed by atoms with Crippen molar-refractivity contribution < 1.29 is 27.9 Å². The molecule has 0 aliphatic carbocycles. The Morgan fingerprint density at radius 3 is 2.63 bits per heavy atom. The number of alkyl halides is 3. The summed E-state index contributed by atoms with van der Waals surface area (Å²) in [6, 6.07) is -1.67. The first-order valence-corrected chi connectivity index (χ1v) is 6.04. The standard InChI is InChI=1S/C11H17F3N2O3/c1-7(5-11(12,13)14)15-10(19)16-4-2-3-8(6-16)9(17)18/h7-8H,2-6H2,1H3,(H,15,19)(H,17,18)/t7?,8-/m1/s1. The van der Waals surface area contributed by atoms with Gasteiger partial charge in [0.15, 0.2) is 0 Å². The van der Waals surface area contributed by atoms with Crippen LogP contribution in [-0.4, -0.2) is 47.3 Å². The predicted octanol–water partition coefficient (Wildman–Crippen LogP) is 1.83. The Morgan fingerprint density at radius 1 is 1.47 bits per heavy atom.